The Morgan fingerprint density at radius 1 is 1.33 bits per heavy atom. The molecule has 5 heteroatoms. The van der Waals surface area contributed by atoms with Crippen molar-refractivity contribution in [1.82, 2.24) is 10.2 Å². The van der Waals surface area contributed by atoms with Crippen LogP contribution in [-0.2, 0) is 5.75 Å². The van der Waals surface area contributed by atoms with Gasteiger partial charge in [0.05, 0.1) is 0 Å². The van der Waals surface area contributed by atoms with E-state index in [0.29, 0.717) is 0 Å². The Hall–Kier alpha value is -0.290. The van der Waals surface area contributed by atoms with Gasteiger partial charge in [-0.3, -0.25) is 0 Å². The first-order valence-electron chi connectivity index (χ1n) is 5.50. The molecule has 2 rings (SSSR count). The molecule has 1 aromatic rings. The third-order valence-corrected chi connectivity index (χ3v) is 5.18. The zero-order valence-corrected chi connectivity index (χ0v) is 10.7. The van der Waals surface area contributed by atoms with Crippen LogP contribution in [0.25, 0.3) is 0 Å². The largest absolute Gasteiger partial charge is 0.363 e. The van der Waals surface area contributed by atoms with Crippen LogP contribution < -0.4 is 5.32 Å². The molecule has 3 nitrogen and oxygen atoms in total. The molecule has 1 fully saturated rings. The molecule has 0 amide bonds. The Bertz CT molecular complexity index is 295. The average molecular weight is 243 g/mol. The van der Waals surface area contributed by atoms with Crippen molar-refractivity contribution in [2.45, 2.75) is 43.1 Å². The van der Waals surface area contributed by atoms with E-state index in [9.17, 15) is 0 Å². The van der Waals surface area contributed by atoms with E-state index in [2.05, 4.69) is 27.3 Å². The molecule has 0 spiro atoms. The minimum atomic E-state index is 0.862. The first-order chi connectivity index (χ1) is 7.38. The highest BCUT2D eigenvalue weighted by Gasteiger charge is 2.14. The van der Waals surface area contributed by atoms with Crippen LogP contribution in [-0.4, -0.2) is 22.5 Å². The maximum atomic E-state index is 4.16. The van der Waals surface area contributed by atoms with Gasteiger partial charge in [-0.25, -0.2) is 0 Å². The predicted molar refractivity (Wildman–Crippen MR) is 67.6 cm³/mol. The van der Waals surface area contributed by atoms with E-state index in [-0.39, 0.29) is 0 Å². The minimum Gasteiger partial charge on any atom is -0.363 e. The fraction of sp³-hybridized carbons (Fsp3) is 0.800. The van der Waals surface area contributed by atoms with Gasteiger partial charge in [0.2, 0.25) is 5.13 Å². The van der Waals surface area contributed by atoms with E-state index < -0.39 is 0 Å². The summed E-state index contributed by atoms with van der Waals surface area (Å²) in [6.45, 7) is 0. The zero-order valence-electron chi connectivity index (χ0n) is 9.03. The van der Waals surface area contributed by atoms with Gasteiger partial charge in [-0.2, -0.15) is 11.8 Å². The molecule has 0 aliphatic heterocycles. The quantitative estimate of drug-likeness (QED) is 0.881. The van der Waals surface area contributed by atoms with Crippen LogP contribution in [0.2, 0.25) is 0 Å². The van der Waals surface area contributed by atoms with Crippen LogP contribution >= 0.6 is 23.1 Å². The lowest BCUT2D eigenvalue weighted by molar-refractivity contribution is 0.516. The highest BCUT2D eigenvalue weighted by Crippen LogP contribution is 2.31. The summed E-state index contributed by atoms with van der Waals surface area (Å²) < 4.78 is 0. The van der Waals surface area contributed by atoms with Gasteiger partial charge in [0.1, 0.15) is 5.01 Å². The molecule has 0 bridgehead atoms. The minimum absolute atomic E-state index is 0.862. The van der Waals surface area contributed by atoms with E-state index in [1.54, 1.807) is 11.3 Å². The number of thioether (sulfide) groups is 1. The molecule has 1 aromatic heterocycles. The summed E-state index contributed by atoms with van der Waals surface area (Å²) in [6, 6.07) is 0. The molecule has 0 aromatic carbocycles. The molecule has 1 saturated carbocycles. The molecule has 0 unspecified atom stereocenters. The summed E-state index contributed by atoms with van der Waals surface area (Å²) in [5.74, 6) is 1.03. The molecule has 1 heterocycles. The number of rotatable bonds is 4. The van der Waals surface area contributed by atoms with Crippen molar-refractivity contribution in [3.8, 4) is 0 Å². The molecule has 1 aliphatic rings. The van der Waals surface area contributed by atoms with Crippen molar-refractivity contribution in [1.29, 1.82) is 0 Å². The van der Waals surface area contributed by atoms with Crippen molar-refractivity contribution in [3.63, 3.8) is 0 Å². The lowest BCUT2D eigenvalue weighted by Gasteiger charge is -2.20. The van der Waals surface area contributed by atoms with Gasteiger partial charge in [0.15, 0.2) is 0 Å². The number of nitrogens with one attached hydrogen (secondary N) is 1. The van der Waals surface area contributed by atoms with Crippen molar-refractivity contribution >= 4 is 28.2 Å². The van der Waals surface area contributed by atoms with Gasteiger partial charge >= 0.3 is 0 Å². The number of hydrogen-bond acceptors (Lipinski definition) is 5. The number of aromatic nitrogens is 2. The highest BCUT2D eigenvalue weighted by molar-refractivity contribution is 7.99. The van der Waals surface area contributed by atoms with Crippen LogP contribution in [0.1, 0.15) is 37.1 Å². The van der Waals surface area contributed by atoms with E-state index in [4.69, 9.17) is 0 Å². The van der Waals surface area contributed by atoms with Crippen LogP contribution in [0, 0.1) is 0 Å². The first kappa shape index (κ1) is 11.2. The lowest BCUT2D eigenvalue weighted by atomic mass is 10.0. The Morgan fingerprint density at radius 3 is 2.80 bits per heavy atom. The molecule has 1 N–H and O–H groups in total. The van der Waals surface area contributed by atoms with Crippen LogP contribution in [0.15, 0.2) is 0 Å². The lowest BCUT2D eigenvalue weighted by Crippen LogP contribution is -2.08. The molecule has 84 valence electrons. The van der Waals surface area contributed by atoms with E-state index in [1.165, 1.54) is 32.1 Å². The van der Waals surface area contributed by atoms with Gasteiger partial charge in [-0.1, -0.05) is 30.6 Å². The summed E-state index contributed by atoms with van der Waals surface area (Å²) in [4.78, 5) is 0. The summed E-state index contributed by atoms with van der Waals surface area (Å²) in [6.07, 6.45) is 7.04. The Labute approximate surface area is 99.1 Å². The maximum absolute atomic E-state index is 4.16. The fourth-order valence-corrected chi connectivity index (χ4v) is 3.86. The van der Waals surface area contributed by atoms with E-state index in [1.807, 2.05) is 7.05 Å². The van der Waals surface area contributed by atoms with Crippen LogP contribution in [0.5, 0.6) is 0 Å². The van der Waals surface area contributed by atoms with Crippen molar-refractivity contribution < 1.29 is 0 Å². The van der Waals surface area contributed by atoms with Crippen LogP contribution in [0.3, 0.4) is 0 Å². The van der Waals surface area contributed by atoms with Crippen molar-refractivity contribution in [3.05, 3.63) is 5.01 Å². The summed E-state index contributed by atoms with van der Waals surface area (Å²) in [5, 5.41) is 14.2. The average Bonchev–Trinajstić information content (AvgIpc) is 2.76. The monoisotopic (exact) mass is 243 g/mol. The van der Waals surface area contributed by atoms with Crippen molar-refractivity contribution in [2.24, 2.45) is 0 Å². The van der Waals surface area contributed by atoms with Crippen molar-refractivity contribution in [2.75, 3.05) is 12.4 Å². The van der Waals surface area contributed by atoms with Gasteiger partial charge in [0, 0.05) is 18.1 Å². The van der Waals surface area contributed by atoms with Gasteiger partial charge in [0.25, 0.3) is 0 Å². The molecule has 0 saturated heterocycles. The van der Waals surface area contributed by atoms with Gasteiger partial charge in [-0.15, -0.1) is 10.2 Å². The summed E-state index contributed by atoms with van der Waals surface area (Å²) in [5.41, 5.74) is 0. The Balaban J connectivity index is 1.76. The maximum Gasteiger partial charge on any atom is 0.205 e. The molecular weight excluding hydrogens is 226 g/mol. The summed E-state index contributed by atoms with van der Waals surface area (Å²) in [7, 11) is 1.89. The summed E-state index contributed by atoms with van der Waals surface area (Å²) >= 11 is 3.72. The standard InChI is InChI=1S/C10H17N3S2/c1-11-10-13-12-9(15-10)7-14-8-5-3-2-4-6-8/h8H,2-7H2,1H3,(H,11,13). The topological polar surface area (TPSA) is 37.8 Å². The Kier molecular flexibility index (Phi) is 4.26. The van der Waals surface area contributed by atoms with Gasteiger partial charge < -0.3 is 5.32 Å². The van der Waals surface area contributed by atoms with Crippen LogP contribution in [0.4, 0.5) is 5.13 Å². The zero-order chi connectivity index (χ0) is 10.5. The fourth-order valence-electron chi connectivity index (χ4n) is 1.83. The molecule has 0 atom stereocenters. The molecular formula is C10H17N3S2. The number of anilines is 1. The SMILES string of the molecule is CNc1nnc(CSC2CCCCC2)s1. The number of nitrogens with zero attached hydrogens (tertiary/aromatic N) is 2. The second-order valence-electron chi connectivity index (χ2n) is 3.82. The second kappa shape index (κ2) is 5.70. The Morgan fingerprint density at radius 2 is 2.13 bits per heavy atom. The van der Waals surface area contributed by atoms with E-state index in [0.717, 1.165) is 21.1 Å². The number of hydrogen-bond donors (Lipinski definition) is 1. The van der Waals surface area contributed by atoms with Gasteiger partial charge in [-0.05, 0) is 12.8 Å². The molecule has 15 heavy (non-hydrogen) atoms. The normalized spacial score (nSPS) is 17.9. The highest BCUT2D eigenvalue weighted by atomic mass is 32.2. The third kappa shape index (κ3) is 3.34. The molecule has 0 radical (unpaired) electrons. The molecule has 1 aliphatic carbocycles. The third-order valence-electron chi connectivity index (χ3n) is 2.68. The predicted octanol–water partition coefficient (Wildman–Crippen LogP) is 3.15. The van der Waals surface area contributed by atoms with E-state index >= 15 is 0 Å². The smallest absolute Gasteiger partial charge is 0.205 e. The second-order valence-corrected chi connectivity index (χ2v) is 6.17. The first-order valence-corrected chi connectivity index (χ1v) is 7.37.